The van der Waals surface area contributed by atoms with Gasteiger partial charge in [0.25, 0.3) is 0 Å². The predicted octanol–water partition coefficient (Wildman–Crippen LogP) is 2.54. The average molecular weight is 252 g/mol. The Morgan fingerprint density at radius 3 is 2.67 bits per heavy atom. The summed E-state index contributed by atoms with van der Waals surface area (Å²) < 4.78 is 0. The highest BCUT2D eigenvalue weighted by atomic mass is 16.2. The molecule has 1 saturated heterocycles. The van der Waals surface area contributed by atoms with E-state index in [1.54, 1.807) is 0 Å². The van der Waals surface area contributed by atoms with E-state index < -0.39 is 0 Å². The minimum Gasteiger partial charge on any atom is -0.341 e. The van der Waals surface area contributed by atoms with Gasteiger partial charge in [0.15, 0.2) is 0 Å². The number of likely N-dealkylation sites (tertiary alicyclic amines) is 1. The van der Waals surface area contributed by atoms with E-state index in [9.17, 15) is 4.79 Å². The molecule has 0 aromatic heterocycles. The summed E-state index contributed by atoms with van der Waals surface area (Å²) in [5, 5.41) is 0. The van der Waals surface area contributed by atoms with Crippen molar-refractivity contribution in [2.24, 2.45) is 17.1 Å². The molecule has 0 aromatic rings. The van der Waals surface area contributed by atoms with Crippen LogP contribution in [-0.4, -0.2) is 29.9 Å². The normalized spacial score (nSPS) is 27.3. The summed E-state index contributed by atoms with van der Waals surface area (Å²) in [7, 11) is 0. The SMILES string of the molecule is CC1(C)CCC(=O)N(CC(N)C2CCCC2)CC1. The van der Waals surface area contributed by atoms with E-state index in [2.05, 4.69) is 13.8 Å². The van der Waals surface area contributed by atoms with Crippen LogP contribution in [0.3, 0.4) is 0 Å². The van der Waals surface area contributed by atoms with Crippen molar-refractivity contribution < 1.29 is 4.79 Å². The third kappa shape index (κ3) is 3.47. The molecule has 1 unspecified atom stereocenters. The standard InChI is InChI=1S/C15H28N2O/c1-15(2)8-7-14(18)17(10-9-15)11-13(16)12-5-3-4-6-12/h12-13H,3-11,16H2,1-2H3. The Morgan fingerprint density at radius 2 is 2.00 bits per heavy atom. The Bertz CT molecular complexity index is 295. The van der Waals surface area contributed by atoms with Crippen LogP contribution < -0.4 is 5.73 Å². The maximum absolute atomic E-state index is 12.1. The first kappa shape index (κ1) is 13.9. The van der Waals surface area contributed by atoms with Crippen molar-refractivity contribution >= 4 is 5.91 Å². The molecular weight excluding hydrogens is 224 g/mol. The van der Waals surface area contributed by atoms with Gasteiger partial charge in [0.2, 0.25) is 5.91 Å². The Morgan fingerprint density at radius 1 is 1.33 bits per heavy atom. The summed E-state index contributed by atoms with van der Waals surface area (Å²) in [6, 6.07) is 0.192. The van der Waals surface area contributed by atoms with Gasteiger partial charge in [-0.05, 0) is 37.0 Å². The van der Waals surface area contributed by atoms with E-state index >= 15 is 0 Å². The fourth-order valence-corrected chi connectivity index (χ4v) is 3.27. The van der Waals surface area contributed by atoms with Crippen LogP contribution in [0.4, 0.5) is 0 Å². The number of carbonyl (C=O) groups is 1. The number of carbonyl (C=O) groups excluding carboxylic acids is 1. The van der Waals surface area contributed by atoms with Gasteiger partial charge in [0.1, 0.15) is 0 Å². The summed E-state index contributed by atoms with van der Waals surface area (Å²) in [6.07, 6.45) is 7.98. The molecule has 1 heterocycles. The van der Waals surface area contributed by atoms with Gasteiger partial charge in [-0.2, -0.15) is 0 Å². The molecule has 0 bridgehead atoms. The van der Waals surface area contributed by atoms with Crippen molar-refractivity contribution in [1.29, 1.82) is 0 Å². The second kappa shape index (κ2) is 5.60. The van der Waals surface area contributed by atoms with Crippen molar-refractivity contribution in [3.63, 3.8) is 0 Å². The number of hydrogen-bond donors (Lipinski definition) is 1. The second-order valence-electron chi connectivity index (χ2n) is 6.96. The third-order valence-corrected chi connectivity index (χ3v) is 4.86. The van der Waals surface area contributed by atoms with Crippen molar-refractivity contribution in [3.05, 3.63) is 0 Å². The number of nitrogens with two attached hydrogens (primary N) is 1. The van der Waals surface area contributed by atoms with E-state index in [4.69, 9.17) is 5.73 Å². The lowest BCUT2D eigenvalue weighted by molar-refractivity contribution is -0.131. The summed E-state index contributed by atoms with van der Waals surface area (Å²) in [4.78, 5) is 14.1. The van der Waals surface area contributed by atoms with E-state index in [0.29, 0.717) is 23.7 Å². The lowest BCUT2D eigenvalue weighted by Crippen LogP contribution is -2.44. The lowest BCUT2D eigenvalue weighted by atomic mass is 9.85. The van der Waals surface area contributed by atoms with Crippen molar-refractivity contribution in [2.75, 3.05) is 13.1 Å². The number of rotatable bonds is 3. The Balaban J connectivity index is 1.89. The molecule has 3 nitrogen and oxygen atoms in total. The van der Waals surface area contributed by atoms with E-state index in [-0.39, 0.29) is 6.04 Å². The largest absolute Gasteiger partial charge is 0.341 e. The van der Waals surface area contributed by atoms with Gasteiger partial charge >= 0.3 is 0 Å². The third-order valence-electron chi connectivity index (χ3n) is 4.86. The molecule has 2 fully saturated rings. The van der Waals surface area contributed by atoms with E-state index in [0.717, 1.165) is 25.9 Å². The predicted molar refractivity (Wildman–Crippen MR) is 74.1 cm³/mol. The maximum Gasteiger partial charge on any atom is 0.222 e. The first-order valence-corrected chi connectivity index (χ1v) is 7.51. The van der Waals surface area contributed by atoms with E-state index in [1.807, 2.05) is 4.90 Å². The molecule has 104 valence electrons. The molecule has 1 amide bonds. The molecule has 2 rings (SSSR count). The molecule has 0 radical (unpaired) electrons. The molecule has 3 heteroatoms. The van der Waals surface area contributed by atoms with Gasteiger partial charge < -0.3 is 10.6 Å². The average Bonchev–Trinajstić information content (AvgIpc) is 2.81. The van der Waals surface area contributed by atoms with Crippen LogP contribution in [0, 0.1) is 11.3 Å². The Hall–Kier alpha value is -0.570. The molecule has 1 saturated carbocycles. The lowest BCUT2D eigenvalue weighted by Gasteiger charge is -2.28. The van der Waals surface area contributed by atoms with Crippen molar-refractivity contribution in [1.82, 2.24) is 4.90 Å². The minimum absolute atomic E-state index is 0.192. The van der Waals surface area contributed by atoms with E-state index in [1.165, 1.54) is 25.7 Å². The number of nitrogens with zero attached hydrogens (tertiary/aromatic N) is 1. The second-order valence-corrected chi connectivity index (χ2v) is 6.96. The molecule has 2 N–H and O–H groups in total. The highest BCUT2D eigenvalue weighted by molar-refractivity contribution is 5.76. The minimum atomic E-state index is 0.192. The van der Waals surface area contributed by atoms with Crippen LogP contribution in [0.5, 0.6) is 0 Å². The topological polar surface area (TPSA) is 46.3 Å². The smallest absolute Gasteiger partial charge is 0.222 e. The van der Waals surface area contributed by atoms with Crippen molar-refractivity contribution in [3.8, 4) is 0 Å². The van der Waals surface area contributed by atoms with Crippen LogP contribution in [0.1, 0.15) is 58.8 Å². The Kier molecular flexibility index (Phi) is 4.31. The van der Waals surface area contributed by atoms with Gasteiger partial charge in [0, 0.05) is 25.6 Å². The van der Waals surface area contributed by atoms with Gasteiger partial charge in [-0.1, -0.05) is 26.7 Å². The van der Waals surface area contributed by atoms with Crippen LogP contribution in [0.2, 0.25) is 0 Å². The molecule has 1 atom stereocenters. The van der Waals surface area contributed by atoms with Crippen molar-refractivity contribution in [2.45, 2.75) is 64.8 Å². The first-order chi connectivity index (χ1) is 8.48. The highest BCUT2D eigenvalue weighted by Gasteiger charge is 2.30. The fraction of sp³-hybridized carbons (Fsp3) is 0.933. The molecule has 0 spiro atoms. The first-order valence-electron chi connectivity index (χ1n) is 7.51. The fourth-order valence-electron chi connectivity index (χ4n) is 3.27. The number of hydrogen-bond acceptors (Lipinski definition) is 2. The zero-order chi connectivity index (χ0) is 13.2. The van der Waals surface area contributed by atoms with Crippen LogP contribution in [-0.2, 0) is 4.79 Å². The summed E-state index contributed by atoms with van der Waals surface area (Å²) >= 11 is 0. The molecule has 18 heavy (non-hydrogen) atoms. The van der Waals surface area contributed by atoms with Gasteiger partial charge in [-0.3, -0.25) is 4.79 Å². The van der Waals surface area contributed by atoms with Gasteiger partial charge in [0.05, 0.1) is 0 Å². The zero-order valence-electron chi connectivity index (χ0n) is 12.0. The quantitative estimate of drug-likeness (QED) is 0.839. The summed E-state index contributed by atoms with van der Waals surface area (Å²) in [5.74, 6) is 0.961. The highest BCUT2D eigenvalue weighted by Crippen LogP contribution is 2.31. The Labute approximate surface area is 111 Å². The van der Waals surface area contributed by atoms with Gasteiger partial charge in [-0.15, -0.1) is 0 Å². The van der Waals surface area contributed by atoms with Crippen LogP contribution in [0.15, 0.2) is 0 Å². The molecule has 0 aromatic carbocycles. The summed E-state index contributed by atoms with van der Waals surface area (Å²) in [5.41, 5.74) is 6.60. The molecule has 2 aliphatic rings. The summed E-state index contributed by atoms with van der Waals surface area (Å²) in [6.45, 7) is 6.20. The monoisotopic (exact) mass is 252 g/mol. The zero-order valence-corrected chi connectivity index (χ0v) is 12.0. The molecular formula is C15H28N2O. The maximum atomic E-state index is 12.1. The molecule has 1 aliphatic carbocycles. The van der Waals surface area contributed by atoms with Crippen LogP contribution >= 0.6 is 0 Å². The van der Waals surface area contributed by atoms with Gasteiger partial charge in [-0.25, -0.2) is 0 Å². The molecule has 1 aliphatic heterocycles. The number of amides is 1. The van der Waals surface area contributed by atoms with Crippen LogP contribution in [0.25, 0.3) is 0 Å².